The normalized spacial score (nSPS) is 8.81. The molecule has 1 N–H and O–H groups in total. The maximum atomic E-state index is 12.0. The summed E-state index contributed by atoms with van der Waals surface area (Å²) in [6.07, 6.45) is 4.20. The maximum absolute atomic E-state index is 12.0. The van der Waals surface area contributed by atoms with Crippen LogP contribution in [0.25, 0.3) is 0 Å². The zero-order chi connectivity index (χ0) is 23.3. The van der Waals surface area contributed by atoms with Crippen LogP contribution in [0.5, 0.6) is 0 Å². The highest BCUT2D eigenvalue weighted by atomic mass is 32.2. The topological polar surface area (TPSA) is 63.6 Å². The summed E-state index contributed by atoms with van der Waals surface area (Å²) in [5.41, 5.74) is 0.988. The Bertz CT molecular complexity index is 1200. The summed E-state index contributed by atoms with van der Waals surface area (Å²) in [6.45, 7) is 2.19. The molecule has 0 spiro atoms. The van der Waals surface area contributed by atoms with E-state index < -0.39 is 10.1 Å². The minimum absolute atomic E-state index is 0.117. The van der Waals surface area contributed by atoms with Crippen molar-refractivity contribution < 1.29 is 17.7 Å². The van der Waals surface area contributed by atoms with Gasteiger partial charge in [0.1, 0.15) is 0 Å². The van der Waals surface area contributed by atoms with Gasteiger partial charge in [0.2, 0.25) is 0 Å². The van der Waals surface area contributed by atoms with Gasteiger partial charge in [-0.05, 0) is 104 Å². The minimum Gasteiger partial charge on any atom is -0.396 e. The van der Waals surface area contributed by atoms with Gasteiger partial charge in [-0.2, -0.15) is 8.42 Å². The molecule has 0 atom stereocenters. The second-order valence-electron chi connectivity index (χ2n) is 6.33. The fourth-order valence-corrected chi connectivity index (χ4v) is 2.99. The molecule has 1 aromatic carbocycles. The lowest BCUT2D eigenvalue weighted by Gasteiger charge is -2.05. The molecule has 0 aliphatic carbocycles. The molecule has 0 saturated heterocycles. The highest BCUT2D eigenvalue weighted by Crippen LogP contribution is 2.13. The summed E-state index contributed by atoms with van der Waals surface area (Å²) in [7, 11) is -3.71. The third-order valence-corrected chi connectivity index (χ3v) is 5.02. The SMILES string of the molecule is Cc1ccc(S(=O)(=O)OCCCCC#CC#CC#CC#CC#CC#CCCCCO)cc1. The second kappa shape index (κ2) is 17.2. The predicted octanol–water partition coefficient (Wildman–Crippen LogP) is 3.05. The molecule has 0 heterocycles. The van der Waals surface area contributed by atoms with Crippen molar-refractivity contribution in [2.24, 2.45) is 0 Å². The van der Waals surface area contributed by atoms with E-state index in [-0.39, 0.29) is 18.1 Å². The minimum atomic E-state index is -3.71. The van der Waals surface area contributed by atoms with Crippen molar-refractivity contribution in [1.29, 1.82) is 0 Å². The van der Waals surface area contributed by atoms with Crippen LogP contribution in [0, 0.1) is 78.0 Å². The summed E-state index contributed by atoms with van der Waals surface area (Å²) in [6, 6.07) is 6.54. The molecule has 0 unspecified atom stereocenters. The van der Waals surface area contributed by atoms with Crippen LogP contribution in [0.2, 0.25) is 0 Å². The molecule has 0 fully saturated rings. The van der Waals surface area contributed by atoms with Gasteiger partial charge in [-0.25, -0.2) is 0 Å². The van der Waals surface area contributed by atoms with Crippen LogP contribution in [0.3, 0.4) is 0 Å². The van der Waals surface area contributed by atoms with Crippen LogP contribution in [-0.4, -0.2) is 26.7 Å². The third kappa shape index (κ3) is 13.6. The number of aryl methyl sites for hydroxylation is 1. The number of hydrogen-bond acceptors (Lipinski definition) is 4. The summed E-state index contributed by atoms with van der Waals surface area (Å²) in [4.78, 5) is 0.162. The first-order chi connectivity index (χ1) is 15.6. The molecule has 162 valence electrons. The molecule has 32 heavy (non-hydrogen) atoms. The van der Waals surface area contributed by atoms with Crippen LogP contribution in [0.1, 0.15) is 44.1 Å². The van der Waals surface area contributed by atoms with Crippen molar-refractivity contribution in [1.82, 2.24) is 0 Å². The highest BCUT2D eigenvalue weighted by molar-refractivity contribution is 7.86. The van der Waals surface area contributed by atoms with Gasteiger partial charge in [0, 0.05) is 19.4 Å². The molecule has 0 amide bonds. The molecule has 0 radical (unpaired) electrons. The zero-order valence-corrected chi connectivity index (χ0v) is 18.9. The van der Waals surface area contributed by atoms with E-state index >= 15 is 0 Å². The van der Waals surface area contributed by atoms with Gasteiger partial charge in [-0.1, -0.05) is 29.5 Å². The van der Waals surface area contributed by atoms with Crippen molar-refractivity contribution in [2.45, 2.75) is 50.3 Å². The third-order valence-electron chi connectivity index (χ3n) is 3.69. The number of benzene rings is 1. The average molecular weight is 445 g/mol. The number of aliphatic hydroxyl groups is 1. The fraction of sp³-hybridized carbons (Fsp3) is 0.333. The van der Waals surface area contributed by atoms with E-state index in [1.165, 1.54) is 12.1 Å². The van der Waals surface area contributed by atoms with Crippen LogP contribution in [-0.2, 0) is 14.3 Å². The van der Waals surface area contributed by atoms with Crippen LogP contribution in [0.4, 0.5) is 0 Å². The van der Waals surface area contributed by atoms with Crippen molar-refractivity contribution in [3.8, 4) is 71.0 Å². The van der Waals surface area contributed by atoms with E-state index in [0.29, 0.717) is 25.7 Å². The Morgan fingerprint density at radius 2 is 1.19 bits per heavy atom. The standard InChI is InChI=1S/C27H24O4S/c1-26-20-22-27(23-21-26)32(29,30)31-25-19-17-15-13-11-9-7-5-3-2-4-6-8-10-12-14-16-18-24-28/h20-23,28H,14-19,24-25H2,1H3. The first-order valence-corrected chi connectivity index (χ1v) is 11.5. The number of unbranched alkanes of at least 4 members (excludes halogenated alkanes) is 4. The summed E-state index contributed by atoms with van der Waals surface area (Å²) in [5, 5.41) is 8.62. The maximum Gasteiger partial charge on any atom is 0.296 e. The first-order valence-electron chi connectivity index (χ1n) is 10.1. The highest BCUT2D eigenvalue weighted by Gasteiger charge is 2.13. The van der Waals surface area contributed by atoms with E-state index in [1.807, 2.05) is 6.92 Å². The van der Waals surface area contributed by atoms with E-state index in [4.69, 9.17) is 9.29 Å². The molecule has 0 aliphatic rings. The van der Waals surface area contributed by atoms with E-state index in [2.05, 4.69) is 71.0 Å². The fourth-order valence-electron chi connectivity index (χ4n) is 2.05. The average Bonchev–Trinajstić information content (AvgIpc) is 2.78. The summed E-state index contributed by atoms with van der Waals surface area (Å²) in [5.74, 6) is 31.7. The van der Waals surface area contributed by atoms with Crippen molar-refractivity contribution in [3.63, 3.8) is 0 Å². The Kier molecular flexibility index (Phi) is 14.2. The molecule has 0 aliphatic heterocycles. The molecule has 1 aromatic rings. The van der Waals surface area contributed by atoms with Crippen molar-refractivity contribution in [2.75, 3.05) is 13.2 Å². The first kappa shape index (κ1) is 26.5. The van der Waals surface area contributed by atoms with Crippen LogP contribution < -0.4 is 0 Å². The Morgan fingerprint density at radius 1 is 0.719 bits per heavy atom. The number of aliphatic hydroxyl groups excluding tert-OH is 1. The molecule has 1 rings (SSSR count). The van der Waals surface area contributed by atoms with E-state index in [9.17, 15) is 8.42 Å². The summed E-state index contributed by atoms with van der Waals surface area (Å²) >= 11 is 0. The Labute approximate surface area is 192 Å². The van der Waals surface area contributed by atoms with Gasteiger partial charge >= 0.3 is 0 Å². The Hall–Kier alpha value is -3.55. The second-order valence-corrected chi connectivity index (χ2v) is 7.95. The van der Waals surface area contributed by atoms with Crippen LogP contribution >= 0.6 is 0 Å². The molecule has 5 heteroatoms. The molecular formula is C27H24O4S. The van der Waals surface area contributed by atoms with Gasteiger partial charge in [0.15, 0.2) is 0 Å². The Morgan fingerprint density at radius 3 is 1.69 bits per heavy atom. The van der Waals surface area contributed by atoms with Gasteiger partial charge in [0.25, 0.3) is 10.1 Å². The monoisotopic (exact) mass is 444 g/mol. The summed E-state index contributed by atoms with van der Waals surface area (Å²) < 4.78 is 29.1. The lowest BCUT2D eigenvalue weighted by Crippen LogP contribution is -2.07. The van der Waals surface area contributed by atoms with Crippen LogP contribution in [0.15, 0.2) is 29.2 Å². The zero-order valence-electron chi connectivity index (χ0n) is 18.0. The molecular weight excluding hydrogens is 420 g/mol. The number of rotatable bonds is 9. The molecule has 0 bridgehead atoms. The quantitative estimate of drug-likeness (QED) is 0.361. The smallest absolute Gasteiger partial charge is 0.296 e. The lowest BCUT2D eigenvalue weighted by molar-refractivity contribution is 0.285. The molecule has 4 nitrogen and oxygen atoms in total. The predicted molar refractivity (Wildman–Crippen MR) is 126 cm³/mol. The Balaban J connectivity index is 2.22. The molecule has 0 saturated carbocycles. The molecule has 0 aromatic heterocycles. The van der Waals surface area contributed by atoms with Gasteiger partial charge in [0.05, 0.1) is 11.5 Å². The lowest BCUT2D eigenvalue weighted by atomic mass is 10.2. The van der Waals surface area contributed by atoms with Gasteiger partial charge < -0.3 is 5.11 Å². The van der Waals surface area contributed by atoms with Gasteiger partial charge in [-0.15, -0.1) is 0 Å². The van der Waals surface area contributed by atoms with Crippen molar-refractivity contribution >= 4 is 10.1 Å². The van der Waals surface area contributed by atoms with E-state index in [0.717, 1.165) is 18.4 Å². The largest absolute Gasteiger partial charge is 0.396 e. The number of hydrogen-bond donors (Lipinski definition) is 1. The van der Waals surface area contributed by atoms with Gasteiger partial charge in [-0.3, -0.25) is 4.18 Å². The van der Waals surface area contributed by atoms with E-state index in [1.54, 1.807) is 12.1 Å². The van der Waals surface area contributed by atoms with Crippen molar-refractivity contribution in [3.05, 3.63) is 29.8 Å².